The second-order valence-electron chi connectivity index (χ2n) is 3.61. The summed E-state index contributed by atoms with van der Waals surface area (Å²) in [5.41, 5.74) is 1.36. The highest BCUT2D eigenvalue weighted by molar-refractivity contribution is 9.09. The molecule has 0 aliphatic carbocycles. The number of hydrogen-bond donors (Lipinski definition) is 0. The first-order chi connectivity index (χ1) is 6.74. The molecule has 0 heterocycles. The molecule has 1 aromatic rings. The molecule has 0 amide bonds. The van der Waals surface area contributed by atoms with E-state index >= 15 is 0 Å². The van der Waals surface area contributed by atoms with Gasteiger partial charge in [0.25, 0.3) is 0 Å². The van der Waals surface area contributed by atoms with Crippen LogP contribution >= 0.6 is 15.9 Å². The Morgan fingerprint density at radius 3 is 2.36 bits per heavy atom. The lowest BCUT2D eigenvalue weighted by Gasteiger charge is -2.08. The Kier molecular flexibility index (Phi) is 5.02. The summed E-state index contributed by atoms with van der Waals surface area (Å²) in [6.07, 6.45) is 1.05. The predicted octanol–water partition coefficient (Wildman–Crippen LogP) is 3.97. The van der Waals surface area contributed by atoms with Crippen molar-refractivity contribution in [2.24, 2.45) is 0 Å². The van der Waals surface area contributed by atoms with Crippen molar-refractivity contribution in [1.29, 1.82) is 0 Å². The second kappa shape index (κ2) is 6.07. The van der Waals surface area contributed by atoms with Gasteiger partial charge in [-0.3, -0.25) is 0 Å². The predicted molar refractivity (Wildman–Crippen MR) is 64.4 cm³/mol. The lowest BCUT2D eigenvalue weighted by atomic mass is 10.0. The molecule has 14 heavy (non-hydrogen) atoms. The van der Waals surface area contributed by atoms with Gasteiger partial charge in [-0.25, -0.2) is 0 Å². The molecule has 0 fully saturated rings. The Balaban J connectivity index is 2.47. The van der Waals surface area contributed by atoms with Crippen LogP contribution in [0, 0.1) is 0 Å². The van der Waals surface area contributed by atoms with Crippen molar-refractivity contribution in [2.75, 3.05) is 11.9 Å². The summed E-state index contributed by atoms with van der Waals surface area (Å²) < 4.78 is 5.55. The summed E-state index contributed by atoms with van der Waals surface area (Å²) in [4.78, 5) is 0. The van der Waals surface area contributed by atoms with Crippen molar-refractivity contribution in [3.8, 4) is 5.75 Å². The van der Waals surface area contributed by atoms with Gasteiger partial charge >= 0.3 is 0 Å². The smallest absolute Gasteiger partial charge is 0.119 e. The number of rotatable bonds is 5. The Bertz CT molecular complexity index is 254. The van der Waals surface area contributed by atoms with Crippen LogP contribution in [0.15, 0.2) is 24.3 Å². The van der Waals surface area contributed by atoms with E-state index in [-0.39, 0.29) is 0 Å². The van der Waals surface area contributed by atoms with Gasteiger partial charge in [-0.1, -0.05) is 41.9 Å². The lowest BCUT2D eigenvalue weighted by molar-refractivity contribution is 0.319. The van der Waals surface area contributed by atoms with Crippen molar-refractivity contribution >= 4 is 15.9 Å². The summed E-state index contributed by atoms with van der Waals surface area (Å²) >= 11 is 3.37. The van der Waals surface area contributed by atoms with Gasteiger partial charge in [0.1, 0.15) is 5.75 Å². The van der Waals surface area contributed by atoms with Gasteiger partial charge in [-0.2, -0.15) is 0 Å². The van der Waals surface area contributed by atoms with Crippen LogP contribution < -0.4 is 4.74 Å². The minimum Gasteiger partial charge on any atom is -0.494 e. The van der Waals surface area contributed by atoms with E-state index in [4.69, 9.17) is 4.74 Å². The standard InChI is InChI=1S/C12H17BrO/c1-10(2)11-4-6-12(7-5-11)14-9-3-8-13/h4-7,10H,3,8-9H2,1-2H3. The molecule has 0 unspecified atom stereocenters. The van der Waals surface area contributed by atoms with Crippen LogP contribution in [0.5, 0.6) is 5.75 Å². The summed E-state index contributed by atoms with van der Waals surface area (Å²) in [7, 11) is 0. The van der Waals surface area contributed by atoms with E-state index in [2.05, 4.69) is 41.9 Å². The maximum atomic E-state index is 5.55. The fourth-order valence-electron chi connectivity index (χ4n) is 1.19. The van der Waals surface area contributed by atoms with E-state index in [1.807, 2.05) is 12.1 Å². The number of benzene rings is 1. The molecule has 1 aromatic carbocycles. The molecule has 0 atom stereocenters. The molecular weight excluding hydrogens is 240 g/mol. The molecule has 1 nitrogen and oxygen atoms in total. The highest BCUT2D eigenvalue weighted by Gasteiger charge is 1.98. The highest BCUT2D eigenvalue weighted by Crippen LogP contribution is 2.18. The summed E-state index contributed by atoms with van der Waals surface area (Å²) in [5.74, 6) is 1.56. The van der Waals surface area contributed by atoms with Crippen molar-refractivity contribution < 1.29 is 4.74 Å². The zero-order valence-electron chi connectivity index (χ0n) is 8.79. The van der Waals surface area contributed by atoms with Crippen molar-refractivity contribution in [1.82, 2.24) is 0 Å². The van der Waals surface area contributed by atoms with E-state index in [9.17, 15) is 0 Å². The zero-order chi connectivity index (χ0) is 10.4. The van der Waals surface area contributed by atoms with E-state index in [0.717, 1.165) is 24.1 Å². The molecule has 0 saturated carbocycles. The zero-order valence-corrected chi connectivity index (χ0v) is 10.4. The molecule has 0 N–H and O–H groups in total. The van der Waals surface area contributed by atoms with Crippen LogP contribution in [0.25, 0.3) is 0 Å². The highest BCUT2D eigenvalue weighted by atomic mass is 79.9. The molecule has 1 rings (SSSR count). The summed E-state index contributed by atoms with van der Waals surface area (Å²) in [6, 6.07) is 8.36. The number of hydrogen-bond acceptors (Lipinski definition) is 1. The Morgan fingerprint density at radius 1 is 1.21 bits per heavy atom. The quantitative estimate of drug-likeness (QED) is 0.572. The van der Waals surface area contributed by atoms with Crippen molar-refractivity contribution in [3.05, 3.63) is 29.8 Å². The topological polar surface area (TPSA) is 9.23 Å². The average Bonchev–Trinajstić information content (AvgIpc) is 2.19. The number of alkyl halides is 1. The third-order valence-electron chi connectivity index (χ3n) is 2.09. The van der Waals surface area contributed by atoms with E-state index in [1.54, 1.807) is 0 Å². The third-order valence-corrected chi connectivity index (χ3v) is 2.65. The van der Waals surface area contributed by atoms with E-state index < -0.39 is 0 Å². The normalized spacial score (nSPS) is 10.6. The summed E-state index contributed by atoms with van der Waals surface area (Å²) in [5, 5.41) is 0.997. The Labute approximate surface area is 94.6 Å². The van der Waals surface area contributed by atoms with Gasteiger partial charge in [-0.05, 0) is 30.0 Å². The molecule has 0 aliphatic rings. The van der Waals surface area contributed by atoms with Crippen molar-refractivity contribution in [3.63, 3.8) is 0 Å². The largest absolute Gasteiger partial charge is 0.494 e. The van der Waals surface area contributed by atoms with Gasteiger partial charge in [-0.15, -0.1) is 0 Å². The van der Waals surface area contributed by atoms with Gasteiger partial charge in [0.2, 0.25) is 0 Å². The Hall–Kier alpha value is -0.500. The van der Waals surface area contributed by atoms with Crippen LogP contribution in [0.4, 0.5) is 0 Å². The molecule has 0 aliphatic heterocycles. The number of halogens is 1. The lowest BCUT2D eigenvalue weighted by Crippen LogP contribution is -1.97. The molecular formula is C12H17BrO. The minimum absolute atomic E-state index is 0.589. The monoisotopic (exact) mass is 256 g/mol. The Morgan fingerprint density at radius 2 is 1.86 bits per heavy atom. The fourth-order valence-corrected chi connectivity index (χ4v) is 1.42. The minimum atomic E-state index is 0.589. The molecule has 0 radical (unpaired) electrons. The summed E-state index contributed by atoms with van der Waals surface area (Å²) in [6.45, 7) is 5.17. The van der Waals surface area contributed by atoms with Crippen molar-refractivity contribution in [2.45, 2.75) is 26.2 Å². The molecule has 0 aromatic heterocycles. The van der Waals surface area contributed by atoms with Gasteiger partial charge in [0, 0.05) is 5.33 Å². The maximum absolute atomic E-state index is 5.55. The van der Waals surface area contributed by atoms with Gasteiger partial charge < -0.3 is 4.74 Å². The molecule has 2 heteroatoms. The number of ether oxygens (including phenoxy) is 1. The molecule has 78 valence electrons. The van der Waals surface area contributed by atoms with Crippen LogP contribution in [0.1, 0.15) is 31.7 Å². The first-order valence-electron chi connectivity index (χ1n) is 5.02. The first kappa shape index (κ1) is 11.6. The third kappa shape index (κ3) is 3.70. The molecule has 0 bridgehead atoms. The van der Waals surface area contributed by atoms with E-state index in [1.165, 1.54) is 5.56 Å². The van der Waals surface area contributed by atoms with Crippen LogP contribution in [-0.4, -0.2) is 11.9 Å². The van der Waals surface area contributed by atoms with Crippen LogP contribution in [0.3, 0.4) is 0 Å². The first-order valence-corrected chi connectivity index (χ1v) is 6.15. The van der Waals surface area contributed by atoms with E-state index in [0.29, 0.717) is 5.92 Å². The second-order valence-corrected chi connectivity index (χ2v) is 4.41. The molecule has 0 spiro atoms. The molecule has 0 saturated heterocycles. The van der Waals surface area contributed by atoms with Crippen LogP contribution in [0.2, 0.25) is 0 Å². The average molecular weight is 257 g/mol. The maximum Gasteiger partial charge on any atom is 0.119 e. The van der Waals surface area contributed by atoms with Gasteiger partial charge in [0.05, 0.1) is 6.61 Å². The van der Waals surface area contributed by atoms with Gasteiger partial charge in [0.15, 0.2) is 0 Å². The SMILES string of the molecule is CC(C)c1ccc(OCCCBr)cc1. The fraction of sp³-hybridized carbons (Fsp3) is 0.500. The van der Waals surface area contributed by atoms with Crippen LogP contribution in [-0.2, 0) is 0 Å².